The van der Waals surface area contributed by atoms with Crippen LogP contribution in [0.5, 0.6) is 0 Å². The summed E-state index contributed by atoms with van der Waals surface area (Å²) in [6.07, 6.45) is 2.59. The molecule has 1 rings (SSSR count). The maximum atomic E-state index is 3.48. The molecule has 0 spiro atoms. The monoisotopic (exact) mass is 198 g/mol. The fraction of sp³-hybridized carbons (Fsp3) is 1.00. The summed E-state index contributed by atoms with van der Waals surface area (Å²) in [4.78, 5) is 2.65. The minimum Gasteiger partial charge on any atom is -0.315 e. The predicted molar refractivity (Wildman–Crippen MR) is 62.6 cm³/mol. The van der Waals surface area contributed by atoms with E-state index in [1.165, 1.54) is 32.5 Å². The highest BCUT2D eigenvalue weighted by atomic mass is 15.2. The van der Waals surface area contributed by atoms with E-state index in [2.05, 4.69) is 37.9 Å². The van der Waals surface area contributed by atoms with Crippen LogP contribution in [0, 0.1) is 5.92 Å². The Balaban J connectivity index is 2.45. The second kappa shape index (κ2) is 5.13. The SMILES string of the molecule is CC(C)CCN1CCNCCC1(C)C. The Morgan fingerprint density at radius 1 is 1.29 bits per heavy atom. The summed E-state index contributed by atoms with van der Waals surface area (Å²) in [7, 11) is 0. The summed E-state index contributed by atoms with van der Waals surface area (Å²) in [5.74, 6) is 0.821. The van der Waals surface area contributed by atoms with Crippen LogP contribution in [0.2, 0.25) is 0 Å². The number of hydrogen-bond donors (Lipinski definition) is 1. The van der Waals surface area contributed by atoms with Crippen LogP contribution in [0.25, 0.3) is 0 Å². The van der Waals surface area contributed by atoms with Crippen LogP contribution in [0.15, 0.2) is 0 Å². The van der Waals surface area contributed by atoms with Crippen molar-refractivity contribution in [1.82, 2.24) is 10.2 Å². The molecule has 2 nitrogen and oxygen atoms in total. The lowest BCUT2D eigenvalue weighted by Crippen LogP contribution is -2.45. The Morgan fingerprint density at radius 2 is 2.00 bits per heavy atom. The zero-order chi connectivity index (χ0) is 10.6. The van der Waals surface area contributed by atoms with Crippen molar-refractivity contribution in [2.75, 3.05) is 26.2 Å². The van der Waals surface area contributed by atoms with Crippen LogP contribution < -0.4 is 5.32 Å². The molecule has 0 saturated carbocycles. The molecule has 1 aliphatic heterocycles. The lowest BCUT2D eigenvalue weighted by molar-refractivity contribution is 0.121. The highest BCUT2D eigenvalue weighted by Crippen LogP contribution is 2.20. The summed E-state index contributed by atoms with van der Waals surface area (Å²) < 4.78 is 0. The van der Waals surface area contributed by atoms with Gasteiger partial charge in [0.25, 0.3) is 0 Å². The normalized spacial score (nSPS) is 23.8. The molecule has 1 fully saturated rings. The summed E-state index contributed by atoms with van der Waals surface area (Å²) in [5.41, 5.74) is 0.387. The molecule has 0 aromatic carbocycles. The Labute approximate surface area is 89.1 Å². The van der Waals surface area contributed by atoms with E-state index in [1.807, 2.05) is 0 Å². The van der Waals surface area contributed by atoms with Crippen molar-refractivity contribution in [3.05, 3.63) is 0 Å². The fourth-order valence-corrected chi connectivity index (χ4v) is 2.02. The molecular formula is C12H26N2. The summed E-state index contributed by atoms with van der Waals surface area (Å²) >= 11 is 0. The molecule has 84 valence electrons. The Bertz CT molecular complexity index is 164. The first-order valence-electron chi connectivity index (χ1n) is 5.98. The van der Waals surface area contributed by atoms with Crippen LogP contribution in [-0.2, 0) is 0 Å². The molecule has 0 aromatic heterocycles. The average molecular weight is 198 g/mol. The van der Waals surface area contributed by atoms with Crippen LogP contribution in [-0.4, -0.2) is 36.6 Å². The molecule has 0 atom stereocenters. The van der Waals surface area contributed by atoms with E-state index in [0.29, 0.717) is 5.54 Å². The van der Waals surface area contributed by atoms with Crippen molar-refractivity contribution in [2.24, 2.45) is 5.92 Å². The zero-order valence-electron chi connectivity index (χ0n) is 10.3. The smallest absolute Gasteiger partial charge is 0.0165 e. The van der Waals surface area contributed by atoms with E-state index >= 15 is 0 Å². The van der Waals surface area contributed by atoms with E-state index < -0.39 is 0 Å². The van der Waals surface area contributed by atoms with Gasteiger partial charge in [-0.05, 0) is 45.7 Å². The number of nitrogens with one attached hydrogen (secondary N) is 1. The van der Waals surface area contributed by atoms with Gasteiger partial charge in [0.1, 0.15) is 0 Å². The van der Waals surface area contributed by atoms with Crippen LogP contribution in [0.1, 0.15) is 40.5 Å². The molecule has 1 saturated heterocycles. The maximum Gasteiger partial charge on any atom is 0.0165 e. The van der Waals surface area contributed by atoms with Gasteiger partial charge in [-0.1, -0.05) is 13.8 Å². The average Bonchev–Trinajstić information content (AvgIpc) is 2.23. The van der Waals surface area contributed by atoms with Gasteiger partial charge in [-0.2, -0.15) is 0 Å². The highest BCUT2D eigenvalue weighted by molar-refractivity contribution is 4.85. The third-order valence-corrected chi connectivity index (χ3v) is 3.30. The van der Waals surface area contributed by atoms with E-state index in [0.717, 1.165) is 12.5 Å². The predicted octanol–water partition coefficient (Wildman–Crippen LogP) is 2.11. The van der Waals surface area contributed by atoms with Gasteiger partial charge in [0.2, 0.25) is 0 Å². The molecule has 0 aromatic rings. The largest absolute Gasteiger partial charge is 0.315 e. The topological polar surface area (TPSA) is 15.3 Å². The first-order chi connectivity index (χ1) is 6.52. The molecule has 2 heteroatoms. The molecule has 0 radical (unpaired) electrons. The lowest BCUT2D eigenvalue weighted by atomic mass is 9.97. The first kappa shape index (κ1) is 12.0. The maximum absolute atomic E-state index is 3.48. The van der Waals surface area contributed by atoms with E-state index in [4.69, 9.17) is 0 Å². The van der Waals surface area contributed by atoms with Gasteiger partial charge in [-0.15, -0.1) is 0 Å². The molecule has 0 amide bonds. The molecule has 1 heterocycles. The minimum absolute atomic E-state index is 0.387. The Hall–Kier alpha value is -0.0800. The fourth-order valence-electron chi connectivity index (χ4n) is 2.02. The molecule has 1 N–H and O–H groups in total. The van der Waals surface area contributed by atoms with Gasteiger partial charge < -0.3 is 5.32 Å². The van der Waals surface area contributed by atoms with Gasteiger partial charge in [-0.3, -0.25) is 4.90 Å². The van der Waals surface area contributed by atoms with Crippen molar-refractivity contribution in [3.63, 3.8) is 0 Å². The standard InChI is InChI=1S/C12H26N2/c1-11(2)5-9-14-10-8-13-7-6-12(14,3)4/h11,13H,5-10H2,1-4H3. The van der Waals surface area contributed by atoms with Gasteiger partial charge in [0, 0.05) is 18.6 Å². The first-order valence-corrected chi connectivity index (χ1v) is 5.98. The van der Waals surface area contributed by atoms with Gasteiger partial charge >= 0.3 is 0 Å². The van der Waals surface area contributed by atoms with E-state index in [9.17, 15) is 0 Å². The summed E-state index contributed by atoms with van der Waals surface area (Å²) in [6, 6.07) is 0. The van der Waals surface area contributed by atoms with E-state index in [-0.39, 0.29) is 0 Å². The number of nitrogens with zero attached hydrogens (tertiary/aromatic N) is 1. The molecule has 1 aliphatic rings. The summed E-state index contributed by atoms with van der Waals surface area (Å²) in [5, 5.41) is 3.48. The Morgan fingerprint density at radius 3 is 2.64 bits per heavy atom. The third-order valence-electron chi connectivity index (χ3n) is 3.30. The van der Waals surface area contributed by atoms with Crippen molar-refractivity contribution >= 4 is 0 Å². The second-order valence-electron chi connectivity index (χ2n) is 5.48. The van der Waals surface area contributed by atoms with Crippen molar-refractivity contribution in [2.45, 2.75) is 46.1 Å². The van der Waals surface area contributed by atoms with Crippen molar-refractivity contribution in [1.29, 1.82) is 0 Å². The number of hydrogen-bond acceptors (Lipinski definition) is 2. The molecule has 14 heavy (non-hydrogen) atoms. The Kier molecular flexibility index (Phi) is 4.39. The van der Waals surface area contributed by atoms with Crippen LogP contribution in [0.3, 0.4) is 0 Å². The molecule has 0 aliphatic carbocycles. The second-order valence-corrected chi connectivity index (χ2v) is 5.48. The highest BCUT2D eigenvalue weighted by Gasteiger charge is 2.27. The van der Waals surface area contributed by atoms with E-state index in [1.54, 1.807) is 0 Å². The lowest BCUT2D eigenvalue weighted by Gasteiger charge is -2.37. The quantitative estimate of drug-likeness (QED) is 0.747. The van der Waals surface area contributed by atoms with Gasteiger partial charge in [0.05, 0.1) is 0 Å². The summed E-state index contributed by atoms with van der Waals surface area (Å²) in [6.45, 7) is 14.2. The van der Waals surface area contributed by atoms with Crippen LogP contribution in [0.4, 0.5) is 0 Å². The third kappa shape index (κ3) is 3.58. The van der Waals surface area contributed by atoms with Crippen molar-refractivity contribution < 1.29 is 0 Å². The molecule has 0 unspecified atom stereocenters. The van der Waals surface area contributed by atoms with Gasteiger partial charge in [0.15, 0.2) is 0 Å². The number of rotatable bonds is 3. The zero-order valence-corrected chi connectivity index (χ0v) is 10.3. The minimum atomic E-state index is 0.387. The van der Waals surface area contributed by atoms with Gasteiger partial charge in [-0.25, -0.2) is 0 Å². The van der Waals surface area contributed by atoms with Crippen molar-refractivity contribution in [3.8, 4) is 0 Å². The molecular weight excluding hydrogens is 172 g/mol. The van der Waals surface area contributed by atoms with Crippen LogP contribution >= 0.6 is 0 Å². The molecule has 0 bridgehead atoms.